The molecule has 1 atom stereocenters. The predicted molar refractivity (Wildman–Crippen MR) is 86.2 cm³/mol. The van der Waals surface area contributed by atoms with E-state index in [0.29, 0.717) is 10.7 Å². The van der Waals surface area contributed by atoms with Gasteiger partial charge in [0.2, 0.25) is 5.91 Å². The van der Waals surface area contributed by atoms with Gasteiger partial charge in [0.15, 0.2) is 0 Å². The lowest BCUT2D eigenvalue weighted by Gasteiger charge is -2.20. The molecule has 23 heavy (non-hydrogen) atoms. The van der Waals surface area contributed by atoms with E-state index in [1.165, 1.54) is 0 Å². The van der Waals surface area contributed by atoms with Crippen LogP contribution in [0.2, 0.25) is 5.02 Å². The lowest BCUT2D eigenvalue weighted by Crippen LogP contribution is -2.46. The first-order valence-corrected chi connectivity index (χ1v) is 7.89. The highest BCUT2D eigenvalue weighted by Crippen LogP contribution is 2.42. The van der Waals surface area contributed by atoms with Crippen LogP contribution in [0.15, 0.2) is 18.2 Å². The van der Waals surface area contributed by atoms with E-state index < -0.39 is 17.5 Å². The van der Waals surface area contributed by atoms with E-state index in [1.54, 1.807) is 19.1 Å². The van der Waals surface area contributed by atoms with Crippen molar-refractivity contribution < 1.29 is 14.4 Å². The summed E-state index contributed by atoms with van der Waals surface area (Å²) in [6.45, 7) is 3.29. The van der Waals surface area contributed by atoms with Gasteiger partial charge in [0.25, 0.3) is 5.91 Å². The molecule has 0 radical (unpaired) electrons. The summed E-state index contributed by atoms with van der Waals surface area (Å²) in [5.41, 5.74) is 0.556. The Morgan fingerprint density at radius 1 is 1.43 bits per heavy atom. The Labute approximate surface area is 139 Å². The number of anilines is 1. The lowest BCUT2D eigenvalue weighted by atomic mass is 9.96. The molecule has 1 aliphatic carbocycles. The number of amides is 4. The van der Waals surface area contributed by atoms with Crippen LogP contribution in [0.5, 0.6) is 0 Å². The quantitative estimate of drug-likeness (QED) is 0.829. The second-order valence-electron chi connectivity index (χ2n) is 6.33. The molecule has 6 nitrogen and oxygen atoms in total. The van der Waals surface area contributed by atoms with Gasteiger partial charge in [-0.1, -0.05) is 17.7 Å². The number of halogens is 1. The van der Waals surface area contributed by atoms with Gasteiger partial charge in [0.1, 0.15) is 12.1 Å². The molecule has 0 spiro atoms. The molecule has 1 aliphatic heterocycles. The highest BCUT2D eigenvalue weighted by Gasteiger charge is 2.56. The number of rotatable bonds is 4. The number of imide groups is 1. The van der Waals surface area contributed by atoms with Crippen LogP contribution in [0.1, 0.15) is 25.3 Å². The van der Waals surface area contributed by atoms with Crippen LogP contribution in [0.3, 0.4) is 0 Å². The Morgan fingerprint density at radius 2 is 2.13 bits per heavy atom. The Morgan fingerprint density at radius 3 is 2.74 bits per heavy atom. The van der Waals surface area contributed by atoms with Crippen molar-refractivity contribution in [1.82, 2.24) is 10.2 Å². The van der Waals surface area contributed by atoms with Crippen molar-refractivity contribution in [3.63, 3.8) is 0 Å². The van der Waals surface area contributed by atoms with Gasteiger partial charge < -0.3 is 10.6 Å². The van der Waals surface area contributed by atoms with Crippen molar-refractivity contribution >= 4 is 35.1 Å². The van der Waals surface area contributed by atoms with Gasteiger partial charge in [0, 0.05) is 0 Å². The summed E-state index contributed by atoms with van der Waals surface area (Å²) >= 11 is 6.07. The number of hydrogen-bond donors (Lipinski definition) is 2. The van der Waals surface area contributed by atoms with E-state index in [2.05, 4.69) is 10.6 Å². The summed E-state index contributed by atoms with van der Waals surface area (Å²) in [6.07, 6.45) is 1.84. The van der Waals surface area contributed by atoms with Crippen LogP contribution < -0.4 is 10.6 Å². The van der Waals surface area contributed by atoms with Crippen molar-refractivity contribution in [2.75, 3.05) is 11.9 Å². The van der Waals surface area contributed by atoms with Gasteiger partial charge in [-0.3, -0.25) is 14.5 Å². The standard InChI is InChI=1S/C16H18ClN3O3/c1-9-3-6-12(11(17)7-9)18-13(21)8-20-14(22)16(2,10-4-5-10)19-15(20)23/h3,6-7,10H,4-5,8H2,1-2H3,(H,18,21)(H,19,23). The number of nitrogens with one attached hydrogen (secondary N) is 2. The Balaban J connectivity index is 1.68. The molecule has 1 aromatic rings. The van der Waals surface area contributed by atoms with Gasteiger partial charge in [-0.05, 0) is 50.3 Å². The molecule has 0 aromatic heterocycles. The maximum absolute atomic E-state index is 12.5. The third-order valence-electron chi connectivity index (χ3n) is 4.40. The van der Waals surface area contributed by atoms with Crippen LogP contribution in [-0.4, -0.2) is 34.8 Å². The van der Waals surface area contributed by atoms with Crippen molar-refractivity contribution in [2.24, 2.45) is 5.92 Å². The lowest BCUT2D eigenvalue weighted by molar-refractivity contribution is -0.134. The topological polar surface area (TPSA) is 78.5 Å². The van der Waals surface area contributed by atoms with Gasteiger partial charge in [-0.25, -0.2) is 4.79 Å². The fourth-order valence-electron chi connectivity index (χ4n) is 2.85. The van der Waals surface area contributed by atoms with Crippen LogP contribution in [-0.2, 0) is 9.59 Å². The molecule has 1 heterocycles. The second-order valence-corrected chi connectivity index (χ2v) is 6.74. The fraction of sp³-hybridized carbons (Fsp3) is 0.438. The number of urea groups is 1. The number of carbonyl (C=O) groups excluding carboxylic acids is 3. The normalized spacial score (nSPS) is 23.9. The van der Waals surface area contributed by atoms with E-state index in [1.807, 2.05) is 13.0 Å². The summed E-state index contributed by atoms with van der Waals surface area (Å²) in [7, 11) is 0. The summed E-state index contributed by atoms with van der Waals surface area (Å²) in [5, 5.41) is 5.76. The average molecular weight is 336 g/mol. The van der Waals surface area contributed by atoms with Crippen LogP contribution in [0.4, 0.5) is 10.5 Å². The van der Waals surface area contributed by atoms with Crippen molar-refractivity contribution in [3.05, 3.63) is 28.8 Å². The Kier molecular flexibility index (Phi) is 3.80. The van der Waals surface area contributed by atoms with Crippen LogP contribution in [0.25, 0.3) is 0 Å². The molecule has 1 unspecified atom stereocenters. The molecular formula is C16H18ClN3O3. The smallest absolute Gasteiger partial charge is 0.323 e. The predicted octanol–water partition coefficient (Wildman–Crippen LogP) is 2.31. The largest absolute Gasteiger partial charge is 0.325 e. The average Bonchev–Trinajstić information content (AvgIpc) is 3.28. The molecule has 7 heteroatoms. The van der Waals surface area contributed by atoms with Crippen molar-refractivity contribution in [1.29, 1.82) is 0 Å². The molecule has 2 aliphatic rings. The molecular weight excluding hydrogens is 318 g/mol. The molecule has 3 rings (SSSR count). The first kappa shape index (κ1) is 15.8. The zero-order chi connectivity index (χ0) is 16.8. The SMILES string of the molecule is Cc1ccc(NC(=O)CN2C(=O)NC(C)(C3CC3)C2=O)c(Cl)c1. The van der Waals surface area contributed by atoms with Crippen LogP contribution in [0, 0.1) is 12.8 Å². The highest BCUT2D eigenvalue weighted by molar-refractivity contribution is 6.33. The van der Waals surface area contributed by atoms with Gasteiger partial charge in [-0.2, -0.15) is 0 Å². The highest BCUT2D eigenvalue weighted by atomic mass is 35.5. The molecule has 0 bridgehead atoms. The molecule has 1 aromatic carbocycles. The molecule has 2 fully saturated rings. The van der Waals surface area contributed by atoms with E-state index >= 15 is 0 Å². The minimum atomic E-state index is -0.876. The number of carbonyl (C=O) groups is 3. The number of hydrogen-bond acceptors (Lipinski definition) is 3. The number of benzene rings is 1. The molecule has 1 saturated carbocycles. The minimum absolute atomic E-state index is 0.165. The maximum Gasteiger partial charge on any atom is 0.325 e. The van der Waals surface area contributed by atoms with Crippen LogP contribution >= 0.6 is 11.6 Å². The zero-order valence-corrected chi connectivity index (χ0v) is 13.7. The third-order valence-corrected chi connectivity index (χ3v) is 4.71. The fourth-order valence-corrected chi connectivity index (χ4v) is 3.13. The van der Waals surface area contributed by atoms with E-state index in [4.69, 9.17) is 11.6 Å². The van der Waals surface area contributed by atoms with E-state index in [0.717, 1.165) is 23.3 Å². The minimum Gasteiger partial charge on any atom is -0.323 e. The Hall–Kier alpha value is -2.08. The van der Waals surface area contributed by atoms with E-state index in [9.17, 15) is 14.4 Å². The summed E-state index contributed by atoms with van der Waals surface area (Å²) < 4.78 is 0. The summed E-state index contributed by atoms with van der Waals surface area (Å²) in [5.74, 6) is -0.631. The maximum atomic E-state index is 12.5. The summed E-state index contributed by atoms with van der Waals surface area (Å²) in [6, 6.07) is 4.72. The van der Waals surface area contributed by atoms with Crippen molar-refractivity contribution in [2.45, 2.75) is 32.2 Å². The molecule has 122 valence electrons. The van der Waals surface area contributed by atoms with Gasteiger partial charge in [0.05, 0.1) is 10.7 Å². The number of nitrogens with zero attached hydrogens (tertiary/aromatic N) is 1. The monoisotopic (exact) mass is 335 g/mol. The number of aryl methyl sites for hydroxylation is 1. The molecule has 4 amide bonds. The Bertz CT molecular complexity index is 702. The first-order valence-electron chi connectivity index (χ1n) is 7.51. The molecule has 2 N–H and O–H groups in total. The van der Waals surface area contributed by atoms with Gasteiger partial charge in [-0.15, -0.1) is 0 Å². The first-order chi connectivity index (χ1) is 10.8. The van der Waals surface area contributed by atoms with E-state index in [-0.39, 0.29) is 18.4 Å². The van der Waals surface area contributed by atoms with Gasteiger partial charge >= 0.3 is 6.03 Å². The third kappa shape index (κ3) is 2.91. The summed E-state index contributed by atoms with van der Waals surface area (Å²) in [4.78, 5) is 37.6. The molecule has 1 saturated heterocycles. The second kappa shape index (κ2) is 5.53. The zero-order valence-electron chi connectivity index (χ0n) is 13.0. The van der Waals surface area contributed by atoms with Crippen molar-refractivity contribution in [3.8, 4) is 0 Å².